The van der Waals surface area contributed by atoms with Crippen LogP contribution in [0.5, 0.6) is 0 Å². The number of rotatable bonds is 5. The molecule has 0 aromatic heterocycles. The van der Waals surface area contributed by atoms with E-state index in [0.29, 0.717) is 18.0 Å². The number of piperidine rings is 1. The summed E-state index contributed by atoms with van der Waals surface area (Å²) in [5, 5.41) is 21.3. The molecular weight excluding hydrogens is 380 g/mol. The zero-order chi connectivity index (χ0) is 21.1. The van der Waals surface area contributed by atoms with E-state index in [-0.39, 0.29) is 36.6 Å². The van der Waals surface area contributed by atoms with Gasteiger partial charge in [-0.2, -0.15) is 0 Å². The van der Waals surface area contributed by atoms with Crippen LogP contribution in [0.1, 0.15) is 59.3 Å². The van der Waals surface area contributed by atoms with Gasteiger partial charge in [0.2, 0.25) is 5.91 Å². The summed E-state index contributed by atoms with van der Waals surface area (Å²) in [4.78, 5) is 12.8. The molecule has 0 bridgehead atoms. The Balaban J connectivity index is 1.27. The van der Waals surface area contributed by atoms with Gasteiger partial charge in [-0.1, -0.05) is 6.92 Å². The summed E-state index contributed by atoms with van der Waals surface area (Å²) in [6, 6.07) is 0.930. The molecule has 0 aromatic rings. The van der Waals surface area contributed by atoms with Crippen LogP contribution >= 0.6 is 0 Å². The predicted octanol–water partition coefficient (Wildman–Crippen LogP) is 0.207. The van der Waals surface area contributed by atoms with E-state index in [1.165, 1.54) is 19.3 Å². The Kier molecular flexibility index (Phi) is 7.65. The van der Waals surface area contributed by atoms with Crippen molar-refractivity contribution in [1.29, 1.82) is 0 Å². The van der Waals surface area contributed by atoms with Crippen molar-refractivity contribution in [2.45, 2.75) is 102 Å². The van der Waals surface area contributed by atoms with Crippen LogP contribution in [0.15, 0.2) is 0 Å². The molecule has 4 rings (SSSR count). The molecule has 3 saturated heterocycles. The van der Waals surface area contributed by atoms with Gasteiger partial charge in [-0.3, -0.25) is 26.1 Å². The van der Waals surface area contributed by atoms with Crippen LogP contribution < -0.4 is 31.9 Å². The third kappa shape index (κ3) is 5.53. The first-order valence-electron chi connectivity index (χ1n) is 12.2. The van der Waals surface area contributed by atoms with Crippen LogP contribution in [0.3, 0.4) is 0 Å². The van der Waals surface area contributed by atoms with Crippen molar-refractivity contribution in [1.82, 2.24) is 31.9 Å². The van der Waals surface area contributed by atoms with Gasteiger partial charge in [-0.05, 0) is 83.8 Å². The van der Waals surface area contributed by atoms with E-state index in [9.17, 15) is 4.79 Å². The van der Waals surface area contributed by atoms with Gasteiger partial charge in [0.25, 0.3) is 0 Å². The summed E-state index contributed by atoms with van der Waals surface area (Å²) in [5.74, 6) is 1.40. The van der Waals surface area contributed by atoms with Crippen molar-refractivity contribution in [3.63, 3.8) is 0 Å². The van der Waals surface area contributed by atoms with Gasteiger partial charge in [-0.25, -0.2) is 0 Å². The van der Waals surface area contributed by atoms with Crippen LogP contribution in [0.2, 0.25) is 0 Å². The summed E-state index contributed by atoms with van der Waals surface area (Å²) >= 11 is 0. The Hall–Kier alpha value is -0.770. The Morgan fingerprint density at radius 1 is 1.03 bits per heavy atom. The van der Waals surface area contributed by atoms with Gasteiger partial charge in [0.1, 0.15) is 18.6 Å². The lowest BCUT2D eigenvalue weighted by atomic mass is 9.82. The molecule has 8 nitrogen and oxygen atoms in total. The van der Waals surface area contributed by atoms with E-state index in [1.807, 2.05) is 13.8 Å². The van der Waals surface area contributed by atoms with Crippen LogP contribution in [0.4, 0.5) is 0 Å². The van der Waals surface area contributed by atoms with Crippen molar-refractivity contribution in [3.8, 4) is 0 Å². The number of hydrogen-bond acceptors (Lipinski definition) is 7. The van der Waals surface area contributed by atoms with E-state index in [4.69, 9.17) is 4.74 Å². The molecule has 3 aliphatic heterocycles. The second-order valence-electron chi connectivity index (χ2n) is 9.95. The number of carbonyl (C=O) groups is 1. The minimum absolute atomic E-state index is 0.0627. The summed E-state index contributed by atoms with van der Waals surface area (Å²) in [6.45, 7) is 9.59. The molecule has 9 unspecified atom stereocenters. The Labute approximate surface area is 181 Å². The molecule has 3 heterocycles. The topological polar surface area (TPSA) is 98.5 Å². The third-order valence-corrected chi connectivity index (χ3v) is 7.60. The fourth-order valence-corrected chi connectivity index (χ4v) is 5.75. The molecule has 0 aromatic carbocycles. The van der Waals surface area contributed by atoms with Crippen molar-refractivity contribution < 1.29 is 9.53 Å². The van der Waals surface area contributed by atoms with Gasteiger partial charge in [0.15, 0.2) is 0 Å². The summed E-state index contributed by atoms with van der Waals surface area (Å²) in [6.07, 6.45) is 6.95. The highest BCUT2D eigenvalue weighted by Gasteiger charge is 2.37. The summed E-state index contributed by atoms with van der Waals surface area (Å²) in [5.41, 5.74) is 0. The average molecular weight is 423 g/mol. The molecule has 9 atom stereocenters. The first-order chi connectivity index (χ1) is 14.5. The maximum absolute atomic E-state index is 12.8. The number of nitrogens with one attached hydrogen (secondary N) is 6. The average Bonchev–Trinajstić information content (AvgIpc) is 3.09. The predicted molar refractivity (Wildman–Crippen MR) is 118 cm³/mol. The zero-order valence-electron chi connectivity index (χ0n) is 18.9. The lowest BCUT2D eigenvalue weighted by molar-refractivity contribution is -0.124. The molecule has 1 amide bonds. The molecule has 0 spiro atoms. The first-order valence-corrected chi connectivity index (χ1v) is 12.2. The number of ether oxygens (including phenoxy) is 1. The van der Waals surface area contributed by atoms with E-state index in [1.54, 1.807) is 0 Å². The van der Waals surface area contributed by atoms with Gasteiger partial charge in [0.05, 0.1) is 6.10 Å². The lowest BCUT2D eigenvalue weighted by Gasteiger charge is -2.42. The van der Waals surface area contributed by atoms with Gasteiger partial charge in [0, 0.05) is 18.1 Å². The minimum Gasteiger partial charge on any atom is -0.359 e. The van der Waals surface area contributed by atoms with Gasteiger partial charge in [-0.15, -0.1) is 0 Å². The molecule has 30 heavy (non-hydrogen) atoms. The van der Waals surface area contributed by atoms with Gasteiger partial charge >= 0.3 is 0 Å². The first kappa shape index (κ1) is 22.4. The highest BCUT2D eigenvalue weighted by molar-refractivity contribution is 5.83. The third-order valence-electron chi connectivity index (χ3n) is 7.60. The van der Waals surface area contributed by atoms with Crippen molar-refractivity contribution in [2.24, 2.45) is 11.8 Å². The Morgan fingerprint density at radius 3 is 2.63 bits per heavy atom. The smallest absolute Gasteiger partial charge is 0.240 e. The maximum atomic E-state index is 12.8. The van der Waals surface area contributed by atoms with Crippen LogP contribution in [0, 0.1) is 11.8 Å². The largest absolute Gasteiger partial charge is 0.359 e. The second-order valence-corrected chi connectivity index (χ2v) is 9.95. The maximum Gasteiger partial charge on any atom is 0.240 e. The molecule has 0 radical (unpaired) electrons. The van der Waals surface area contributed by atoms with E-state index < -0.39 is 0 Å². The molecule has 172 valence electrons. The monoisotopic (exact) mass is 422 g/mol. The Morgan fingerprint density at radius 2 is 1.90 bits per heavy atom. The molecule has 4 aliphatic rings. The van der Waals surface area contributed by atoms with Crippen molar-refractivity contribution >= 4 is 5.91 Å². The molecule has 1 aliphatic carbocycles. The van der Waals surface area contributed by atoms with E-state index in [0.717, 1.165) is 44.8 Å². The fraction of sp³-hybridized carbons (Fsp3) is 0.955. The van der Waals surface area contributed by atoms with E-state index in [2.05, 4.69) is 38.8 Å². The highest BCUT2D eigenvalue weighted by Crippen LogP contribution is 2.26. The molecular formula is C22H42N6O2. The fourth-order valence-electron chi connectivity index (χ4n) is 5.75. The lowest BCUT2D eigenvalue weighted by Crippen LogP contribution is -2.66. The quantitative estimate of drug-likeness (QED) is 0.377. The Bertz CT molecular complexity index is 572. The zero-order valence-corrected chi connectivity index (χ0v) is 18.9. The number of carbonyl (C=O) groups excluding carboxylic acids is 1. The summed E-state index contributed by atoms with van der Waals surface area (Å²) < 4.78 is 5.68. The van der Waals surface area contributed by atoms with Crippen LogP contribution in [-0.2, 0) is 9.53 Å². The molecule has 1 saturated carbocycles. The van der Waals surface area contributed by atoms with Crippen LogP contribution in [0.25, 0.3) is 0 Å². The standard InChI is InChI=1S/C22H42N6O2/c1-13-6-7-17(26-21(29)20-14(2)30-15(3)25-20)11-19(13)28-22-24-10-8-18(27-22)16-5-4-9-23-12-16/h13-20,22-25,27-28H,4-12H2,1-3H3,(H,26,29). The van der Waals surface area contributed by atoms with Gasteiger partial charge < -0.3 is 15.4 Å². The van der Waals surface area contributed by atoms with Crippen LogP contribution in [-0.4, -0.2) is 68.3 Å². The summed E-state index contributed by atoms with van der Waals surface area (Å²) in [7, 11) is 0. The molecule has 8 heteroatoms. The normalized spacial score (nSPS) is 45.2. The highest BCUT2D eigenvalue weighted by atomic mass is 16.5. The number of amides is 1. The van der Waals surface area contributed by atoms with E-state index >= 15 is 0 Å². The molecule has 6 N–H and O–H groups in total. The minimum atomic E-state index is -0.253. The second kappa shape index (κ2) is 10.2. The van der Waals surface area contributed by atoms with Crippen molar-refractivity contribution in [2.75, 3.05) is 19.6 Å². The van der Waals surface area contributed by atoms with Crippen molar-refractivity contribution in [3.05, 3.63) is 0 Å². The molecule has 4 fully saturated rings. The number of hydrogen-bond donors (Lipinski definition) is 6. The SMILES string of the molecule is CC1NC(C(=O)NC2CCC(C)C(NC3NCCC(C4CCCNC4)N3)C2)C(C)O1.